The molecule has 0 unspecified atom stereocenters. The fourth-order valence-electron chi connectivity index (χ4n) is 2.92. The van der Waals surface area contributed by atoms with Gasteiger partial charge in [-0.1, -0.05) is 30.3 Å². The molecule has 142 valence electrons. The van der Waals surface area contributed by atoms with Gasteiger partial charge in [0.15, 0.2) is 0 Å². The third-order valence-corrected chi connectivity index (χ3v) is 6.10. The molecule has 3 heterocycles. The summed E-state index contributed by atoms with van der Waals surface area (Å²) in [5, 5.41) is 11.9. The smallest absolute Gasteiger partial charge is 0.246 e. The van der Waals surface area contributed by atoms with Gasteiger partial charge in [0.05, 0.1) is 19.3 Å². The minimum absolute atomic E-state index is 0.119. The Morgan fingerprint density at radius 1 is 1.22 bits per heavy atom. The minimum Gasteiger partial charge on any atom is -0.423 e. The largest absolute Gasteiger partial charge is 0.423 e. The first kappa shape index (κ1) is 17.8. The highest BCUT2D eigenvalue weighted by Gasteiger charge is 2.34. The summed E-state index contributed by atoms with van der Waals surface area (Å²) in [6.45, 7) is 2.81. The van der Waals surface area contributed by atoms with Gasteiger partial charge in [-0.15, -0.1) is 10.2 Å². The summed E-state index contributed by atoms with van der Waals surface area (Å²) in [6, 6.07) is 9.74. The SMILES string of the molecule is Cc1nnc([C@H]2CN(S(=O)(=O)c3cnn(Cc4ccccc4)c3)CCO2)o1. The van der Waals surface area contributed by atoms with Crippen molar-refractivity contribution in [2.24, 2.45) is 0 Å². The van der Waals surface area contributed by atoms with Crippen LogP contribution in [0, 0.1) is 6.92 Å². The molecule has 0 amide bonds. The quantitative estimate of drug-likeness (QED) is 0.649. The molecule has 0 N–H and O–H groups in total. The molecule has 1 aliphatic heterocycles. The van der Waals surface area contributed by atoms with Gasteiger partial charge in [0.25, 0.3) is 0 Å². The normalized spacial score (nSPS) is 18.6. The highest BCUT2D eigenvalue weighted by atomic mass is 32.2. The molecule has 0 radical (unpaired) electrons. The third kappa shape index (κ3) is 3.77. The Morgan fingerprint density at radius 2 is 2.04 bits per heavy atom. The molecule has 1 aliphatic rings. The number of hydrogen-bond donors (Lipinski definition) is 0. The van der Waals surface area contributed by atoms with Gasteiger partial charge in [0.2, 0.25) is 21.8 Å². The van der Waals surface area contributed by atoms with E-state index in [-0.39, 0.29) is 30.5 Å². The van der Waals surface area contributed by atoms with Crippen molar-refractivity contribution in [3.8, 4) is 0 Å². The molecule has 1 aromatic carbocycles. The van der Waals surface area contributed by atoms with E-state index >= 15 is 0 Å². The summed E-state index contributed by atoms with van der Waals surface area (Å²) in [5.41, 5.74) is 1.04. The highest BCUT2D eigenvalue weighted by molar-refractivity contribution is 7.89. The molecule has 0 aliphatic carbocycles. The van der Waals surface area contributed by atoms with Crippen molar-refractivity contribution >= 4 is 10.0 Å². The highest BCUT2D eigenvalue weighted by Crippen LogP contribution is 2.25. The van der Waals surface area contributed by atoms with E-state index in [2.05, 4.69) is 15.3 Å². The standard InChI is InChI=1S/C17H19N5O4S/c1-13-19-20-17(26-13)16-12-22(7-8-25-16)27(23,24)15-9-18-21(11-15)10-14-5-3-2-4-6-14/h2-6,9,11,16H,7-8,10,12H2,1H3/t16-/m1/s1. The van der Waals surface area contributed by atoms with E-state index in [0.717, 1.165) is 5.56 Å². The minimum atomic E-state index is -3.69. The first-order valence-corrected chi connectivity index (χ1v) is 9.94. The van der Waals surface area contributed by atoms with Crippen molar-refractivity contribution < 1.29 is 17.6 Å². The number of hydrogen-bond acceptors (Lipinski definition) is 7. The number of sulfonamides is 1. The van der Waals surface area contributed by atoms with E-state index in [4.69, 9.17) is 9.15 Å². The van der Waals surface area contributed by atoms with Gasteiger partial charge in [0, 0.05) is 26.2 Å². The van der Waals surface area contributed by atoms with Gasteiger partial charge in [-0.2, -0.15) is 9.40 Å². The Labute approximate surface area is 156 Å². The second-order valence-corrected chi connectivity index (χ2v) is 8.18. The first-order valence-electron chi connectivity index (χ1n) is 8.50. The second-order valence-electron chi connectivity index (χ2n) is 6.24. The molecule has 3 aromatic rings. The van der Waals surface area contributed by atoms with Gasteiger partial charge < -0.3 is 9.15 Å². The molecule has 0 bridgehead atoms. The summed E-state index contributed by atoms with van der Waals surface area (Å²) >= 11 is 0. The van der Waals surface area contributed by atoms with Gasteiger partial charge in [-0.3, -0.25) is 4.68 Å². The summed E-state index contributed by atoms with van der Waals surface area (Å²) in [6.07, 6.45) is 2.34. The number of aryl methyl sites for hydroxylation is 1. The van der Waals surface area contributed by atoms with Crippen LogP contribution in [0.2, 0.25) is 0 Å². The fourth-order valence-corrected chi connectivity index (χ4v) is 4.30. The zero-order chi connectivity index (χ0) is 18.9. The fraction of sp³-hybridized carbons (Fsp3) is 0.353. The third-order valence-electron chi connectivity index (χ3n) is 4.28. The van der Waals surface area contributed by atoms with E-state index in [9.17, 15) is 8.42 Å². The van der Waals surface area contributed by atoms with Crippen LogP contribution in [0.1, 0.15) is 23.4 Å². The number of benzene rings is 1. The zero-order valence-corrected chi connectivity index (χ0v) is 15.5. The van der Waals surface area contributed by atoms with Gasteiger partial charge >= 0.3 is 0 Å². The number of morpholine rings is 1. The van der Waals surface area contributed by atoms with Crippen LogP contribution in [0.3, 0.4) is 0 Å². The lowest BCUT2D eigenvalue weighted by atomic mass is 10.2. The Hall–Kier alpha value is -2.56. The maximum Gasteiger partial charge on any atom is 0.246 e. The lowest BCUT2D eigenvalue weighted by Crippen LogP contribution is -2.42. The van der Waals surface area contributed by atoms with Gasteiger partial charge in [-0.05, 0) is 5.56 Å². The zero-order valence-electron chi connectivity index (χ0n) is 14.7. The van der Waals surface area contributed by atoms with Crippen LogP contribution in [0.5, 0.6) is 0 Å². The molecule has 1 saturated heterocycles. The van der Waals surface area contributed by atoms with E-state index in [1.807, 2.05) is 30.3 Å². The van der Waals surface area contributed by atoms with Gasteiger partial charge in [0.1, 0.15) is 11.0 Å². The predicted molar refractivity (Wildman–Crippen MR) is 94.3 cm³/mol. The molecule has 10 heteroatoms. The lowest BCUT2D eigenvalue weighted by molar-refractivity contribution is -0.0176. The number of aromatic nitrogens is 4. The van der Waals surface area contributed by atoms with Crippen LogP contribution in [-0.2, 0) is 21.3 Å². The number of nitrogens with zero attached hydrogens (tertiary/aromatic N) is 5. The van der Waals surface area contributed by atoms with Crippen molar-refractivity contribution in [1.82, 2.24) is 24.3 Å². The maximum absolute atomic E-state index is 13.0. The van der Waals surface area contributed by atoms with Crippen LogP contribution < -0.4 is 0 Å². The van der Waals surface area contributed by atoms with E-state index in [1.165, 1.54) is 10.5 Å². The molecular formula is C17H19N5O4S. The Morgan fingerprint density at radius 3 is 2.78 bits per heavy atom. The Bertz CT molecular complexity index is 1010. The van der Waals surface area contributed by atoms with Crippen molar-refractivity contribution in [3.05, 3.63) is 60.1 Å². The monoisotopic (exact) mass is 389 g/mol. The van der Waals surface area contributed by atoms with E-state index < -0.39 is 16.1 Å². The molecule has 9 nitrogen and oxygen atoms in total. The average Bonchev–Trinajstić information content (AvgIpc) is 3.32. The van der Waals surface area contributed by atoms with Crippen molar-refractivity contribution in [2.75, 3.05) is 19.7 Å². The first-order chi connectivity index (χ1) is 13.0. The van der Waals surface area contributed by atoms with Crippen LogP contribution in [0.4, 0.5) is 0 Å². The Balaban J connectivity index is 1.51. The van der Waals surface area contributed by atoms with E-state index in [1.54, 1.807) is 17.8 Å². The van der Waals surface area contributed by atoms with Crippen molar-refractivity contribution in [3.63, 3.8) is 0 Å². The molecule has 27 heavy (non-hydrogen) atoms. The van der Waals surface area contributed by atoms with Gasteiger partial charge in [-0.25, -0.2) is 8.42 Å². The van der Waals surface area contributed by atoms with Crippen molar-refractivity contribution in [1.29, 1.82) is 0 Å². The summed E-state index contributed by atoms with van der Waals surface area (Å²) in [5.74, 6) is 0.697. The number of rotatable bonds is 5. The average molecular weight is 389 g/mol. The van der Waals surface area contributed by atoms with Crippen LogP contribution in [-0.4, -0.2) is 52.4 Å². The Kier molecular flexibility index (Phi) is 4.77. The topological polar surface area (TPSA) is 103 Å². The summed E-state index contributed by atoms with van der Waals surface area (Å²) < 4.78 is 39.9. The molecular weight excluding hydrogens is 370 g/mol. The van der Waals surface area contributed by atoms with E-state index in [0.29, 0.717) is 12.4 Å². The van der Waals surface area contributed by atoms with Crippen LogP contribution >= 0.6 is 0 Å². The summed E-state index contributed by atoms with van der Waals surface area (Å²) in [7, 11) is -3.69. The maximum atomic E-state index is 13.0. The van der Waals surface area contributed by atoms with Crippen LogP contribution in [0.15, 0.2) is 52.0 Å². The molecule has 1 atom stereocenters. The lowest BCUT2D eigenvalue weighted by Gasteiger charge is -2.29. The molecule has 1 fully saturated rings. The molecule has 0 saturated carbocycles. The molecule has 0 spiro atoms. The number of ether oxygens (including phenoxy) is 1. The summed E-state index contributed by atoms with van der Waals surface area (Å²) in [4.78, 5) is 0.154. The van der Waals surface area contributed by atoms with Crippen LogP contribution in [0.25, 0.3) is 0 Å². The molecule has 2 aromatic heterocycles. The second kappa shape index (κ2) is 7.22. The predicted octanol–water partition coefficient (Wildman–Crippen LogP) is 1.39. The van der Waals surface area contributed by atoms with Crippen molar-refractivity contribution in [2.45, 2.75) is 24.5 Å². The molecule has 4 rings (SSSR count).